The SMILES string of the molecule is C[C@@H](OC(=O)Nc1c(-c2ccc(Br)cc2)oc2c(F)cccc12)c1ccccc1Cl. The second kappa shape index (κ2) is 8.50. The van der Waals surface area contributed by atoms with Gasteiger partial charge >= 0.3 is 6.09 Å². The van der Waals surface area contributed by atoms with Crippen LogP contribution in [0, 0.1) is 5.82 Å². The molecule has 1 atom stereocenters. The van der Waals surface area contributed by atoms with E-state index in [2.05, 4.69) is 21.2 Å². The molecule has 0 aliphatic rings. The highest BCUT2D eigenvalue weighted by atomic mass is 79.9. The lowest BCUT2D eigenvalue weighted by atomic mass is 10.1. The number of rotatable bonds is 4. The zero-order valence-electron chi connectivity index (χ0n) is 15.8. The van der Waals surface area contributed by atoms with Gasteiger partial charge in [-0.05, 0) is 37.3 Å². The summed E-state index contributed by atoms with van der Waals surface area (Å²) in [6.45, 7) is 1.73. The maximum Gasteiger partial charge on any atom is 0.412 e. The fraction of sp³-hybridized carbons (Fsp3) is 0.0870. The van der Waals surface area contributed by atoms with Crippen LogP contribution in [0.2, 0.25) is 5.02 Å². The van der Waals surface area contributed by atoms with Crippen molar-refractivity contribution in [1.29, 1.82) is 0 Å². The minimum Gasteiger partial charge on any atom is -0.451 e. The van der Waals surface area contributed by atoms with Crippen LogP contribution >= 0.6 is 27.5 Å². The average Bonchev–Trinajstić information content (AvgIpc) is 3.08. The monoisotopic (exact) mass is 487 g/mol. The van der Waals surface area contributed by atoms with Crippen LogP contribution in [0.25, 0.3) is 22.3 Å². The van der Waals surface area contributed by atoms with Crippen LogP contribution in [0.5, 0.6) is 0 Å². The Hall–Kier alpha value is -2.83. The largest absolute Gasteiger partial charge is 0.451 e. The first-order chi connectivity index (χ1) is 14.4. The quantitative estimate of drug-likeness (QED) is 0.317. The van der Waals surface area contributed by atoms with Gasteiger partial charge in [0.2, 0.25) is 0 Å². The van der Waals surface area contributed by atoms with Crippen LogP contribution in [-0.2, 0) is 4.74 Å². The zero-order chi connectivity index (χ0) is 21.3. The second-order valence-corrected chi connectivity index (χ2v) is 7.95. The molecule has 1 amide bonds. The number of ether oxygens (including phenoxy) is 1. The van der Waals surface area contributed by atoms with Crippen LogP contribution in [0.15, 0.2) is 75.6 Å². The Bertz CT molecular complexity index is 1220. The average molecular weight is 489 g/mol. The van der Waals surface area contributed by atoms with Gasteiger partial charge in [-0.25, -0.2) is 9.18 Å². The van der Waals surface area contributed by atoms with Gasteiger partial charge in [0.1, 0.15) is 6.10 Å². The summed E-state index contributed by atoms with van der Waals surface area (Å²) in [5, 5.41) is 3.66. The number of anilines is 1. The Kier molecular flexibility index (Phi) is 5.79. The van der Waals surface area contributed by atoms with E-state index in [-0.39, 0.29) is 5.58 Å². The Morgan fingerprint density at radius 1 is 1.10 bits per heavy atom. The molecule has 4 nitrogen and oxygen atoms in total. The molecule has 3 aromatic carbocycles. The van der Waals surface area contributed by atoms with Gasteiger partial charge in [0.15, 0.2) is 17.2 Å². The van der Waals surface area contributed by atoms with E-state index in [9.17, 15) is 9.18 Å². The van der Waals surface area contributed by atoms with Crippen molar-refractivity contribution in [1.82, 2.24) is 0 Å². The molecule has 30 heavy (non-hydrogen) atoms. The van der Waals surface area contributed by atoms with Crippen LogP contribution in [0.3, 0.4) is 0 Å². The molecule has 7 heteroatoms. The molecule has 1 heterocycles. The minimum absolute atomic E-state index is 0.0601. The number of hydrogen-bond acceptors (Lipinski definition) is 3. The number of hydrogen-bond donors (Lipinski definition) is 1. The summed E-state index contributed by atoms with van der Waals surface area (Å²) in [5.74, 6) is -0.179. The Morgan fingerprint density at radius 3 is 2.57 bits per heavy atom. The minimum atomic E-state index is -0.701. The van der Waals surface area contributed by atoms with Crippen molar-refractivity contribution in [3.63, 3.8) is 0 Å². The molecule has 0 bridgehead atoms. The number of halogens is 3. The third kappa shape index (κ3) is 4.06. The second-order valence-electron chi connectivity index (χ2n) is 6.62. The highest BCUT2D eigenvalue weighted by Gasteiger charge is 2.22. The van der Waals surface area contributed by atoms with Crippen molar-refractivity contribution in [2.45, 2.75) is 13.0 Å². The molecular weight excluding hydrogens is 473 g/mol. The molecule has 0 saturated carbocycles. The third-order valence-electron chi connectivity index (χ3n) is 4.63. The van der Waals surface area contributed by atoms with Gasteiger partial charge < -0.3 is 9.15 Å². The Morgan fingerprint density at radius 2 is 1.83 bits per heavy atom. The van der Waals surface area contributed by atoms with Gasteiger partial charge in [-0.2, -0.15) is 0 Å². The molecule has 4 aromatic rings. The van der Waals surface area contributed by atoms with E-state index in [0.29, 0.717) is 33.0 Å². The van der Waals surface area contributed by atoms with Gasteiger partial charge in [0.25, 0.3) is 0 Å². The van der Waals surface area contributed by atoms with Crippen molar-refractivity contribution >= 4 is 50.3 Å². The number of benzene rings is 3. The van der Waals surface area contributed by atoms with Gasteiger partial charge in [0.05, 0.1) is 5.69 Å². The number of para-hydroxylation sites is 1. The highest BCUT2D eigenvalue weighted by molar-refractivity contribution is 9.10. The smallest absolute Gasteiger partial charge is 0.412 e. The molecule has 1 N–H and O–H groups in total. The number of nitrogens with one attached hydrogen (secondary N) is 1. The van der Waals surface area contributed by atoms with E-state index in [1.807, 2.05) is 30.3 Å². The van der Waals surface area contributed by atoms with Crippen LogP contribution in [-0.4, -0.2) is 6.09 Å². The summed E-state index contributed by atoms with van der Waals surface area (Å²) in [6, 6.07) is 19.0. The first kappa shape index (κ1) is 20.4. The maximum atomic E-state index is 14.3. The lowest BCUT2D eigenvalue weighted by Crippen LogP contribution is -2.16. The summed E-state index contributed by atoms with van der Waals surface area (Å²) < 4.78 is 26.5. The van der Waals surface area contributed by atoms with E-state index in [1.54, 1.807) is 37.3 Å². The van der Waals surface area contributed by atoms with Gasteiger partial charge in [-0.3, -0.25) is 5.32 Å². The first-order valence-corrected chi connectivity index (χ1v) is 10.3. The molecule has 1 aromatic heterocycles. The first-order valence-electron chi connectivity index (χ1n) is 9.13. The standard InChI is InChI=1S/C23H16BrClFNO3/c1-13(16-5-2-3-7-18(16)25)29-23(28)27-20-17-6-4-8-19(26)22(17)30-21(20)14-9-11-15(24)12-10-14/h2-13H,1H3,(H,27,28)/t13-/m1/s1. The number of carbonyl (C=O) groups is 1. The number of fused-ring (bicyclic) bond motifs is 1. The lowest BCUT2D eigenvalue weighted by Gasteiger charge is -2.15. The van der Waals surface area contributed by atoms with Crippen LogP contribution in [0.1, 0.15) is 18.6 Å². The zero-order valence-corrected chi connectivity index (χ0v) is 18.1. The van der Waals surface area contributed by atoms with E-state index in [0.717, 1.165) is 4.47 Å². The summed E-state index contributed by atoms with van der Waals surface area (Å²) in [4.78, 5) is 12.7. The molecule has 0 aliphatic heterocycles. The number of carbonyl (C=O) groups excluding carboxylic acids is 1. The van der Waals surface area contributed by atoms with Crippen molar-refractivity contribution in [2.75, 3.05) is 5.32 Å². The molecule has 0 unspecified atom stereocenters. The van der Waals surface area contributed by atoms with Crippen molar-refractivity contribution in [3.8, 4) is 11.3 Å². The molecule has 4 rings (SSSR count). The van der Waals surface area contributed by atoms with E-state index < -0.39 is 18.0 Å². The summed E-state index contributed by atoms with van der Waals surface area (Å²) in [6.07, 6.45) is -1.28. The molecule has 0 aliphatic carbocycles. The maximum absolute atomic E-state index is 14.3. The highest BCUT2D eigenvalue weighted by Crippen LogP contribution is 2.39. The molecular formula is C23H16BrClFNO3. The van der Waals surface area contributed by atoms with E-state index in [1.165, 1.54) is 6.07 Å². The molecule has 152 valence electrons. The fourth-order valence-electron chi connectivity index (χ4n) is 3.17. The lowest BCUT2D eigenvalue weighted by molar-refractivity contribution is 0.121. The molecule has 0 spiro atoms. The molecule has 0 radical (unpaired) electrons. The predicted molar refractivity (Wildman–Crippen MR) is 119 cm³/mol. The summed E-state index contributed by atoms with van der Waals surface area (Å²) in [5.41, 5.74) is 1.77. The Balaban J connectivity index is 1.68. The third-order valence-corrected chi connectivity index (χ3v) is 5.50. The molecule has 0 saturated heterocycles. The van der Waals surface area contributed by atoms with Gasteiger partial charge in [-0.1, -0.05) is 63.9 Å². The van der Waals surface area contributed by atoms with Crippen molar-refractivity contribution in [2.24, 2.45) is 0 Å². The fourth-order valence-corrected chi connectivity index (χ4v) is 3.73. The predicted octanol–water partition coefficient (Wildman–Crippen LogP) is 7.96. The van der Waals surface area contributed by atoms with E-state index in [4.69, 9.17) is 20.8 Å². The van der Waals surface area contributed by atoms with Crippen LogP contribution < -0.4 is 5.32 Å². The van der Waals surface area contributed by atoms with Crippen molar-refractivity contribution in [3.05, 3.63) is 87.6 Å². The topological polar surface area (TPSA) is 51.5 Å². The number of furan rings is 1. The van der Waals surface area contributed by atoms with Gasteiger partial charge in [-0.15, -0.1) is 0 Å². The Labute approximate surface area is 185 Å². The van der Waals surface area contributed by atoms with Crippen LogP contribution in [0.4, 0.5) is 14.9 Å². The van der Waals surface area contributed by atoms with Gasteiger partial charge in [0, 0.05) is 26.0 Å². The normalized spacial score (nSPS) is 12.0. The molecule has 0 fully saturated rings. The summed E-state index contributed by atoms with van der Waals surface area (Å²) in [7, 11) is 0. The van der Waals surface area contributed by atoms with E-state index >= 15 is 0 Å². The van der Waals surface area contributed by atoms with Crippen molar-refractivity contribution < 1.29 is 18.3 Å². The summed E-state index contributed by atoms with van der Waals surface area (Å²) >= 11 is 9.57. The number of amides is 1.